The summed E-state index contributed by atoms with van der Waals surface area (Å²) >= 11 is 0. The van der Waals surface area contributed by atoms with E-state index in [0.717, 1.165) is 0 Å². The highest BCUT2D eigenvalue weighted by Gasteiger charge is -0.0703. The average molecular weight is 201 g/mol. The van der Waals surface area contributed by atoms with E-state index in [2.05, 4.69) is 0 Å². The Kier molecular flexibility index (Phi) is 605000. The van der Waals surface area contributed by atoms with Crippen LogP contribution in [0.25, 0.3) is 0 Å². The van der Waals surface area contributed by atoms with E-state index in [1.807, 2.05) is 0 Å². The number of hydrogen-bond acceptors (Lipinski definition) is 0. The lowest BCUT2D eigenvalue weighted by Gasteiger charge is -0.148. The molecule has 0 heterocycles. The van der Waals surface area contributed by atoms with Crippen LogP contribution >= 0.6 is 24.8 Å². The van der Waals surface area contributed by atoms with E-state index in [9.17, 15) is 0 Å². The summed E-state index contributed by atoms with van der Waals surface area (Å²) < 4.78 is 0. The van der Waals surface area contributed by atoms with E-state index in [1.165, 1.54) is 0 Å². The smallest absolute Gasteiger partial charge is 0.0776 e. The van der Waals surface area contributed by atoms with Gasteiger partial charge in [-0.15, -0.1) is 24.8 Å². The molecule has 0 aliphatic rings. The molecule has 0 aromatic carbocycles. The zero-order valence-corrected chi connectivity index (χ0v) is 2.45. The second kappa shape index (κ2) is 2100. The Labute approximate surface area is 84.6 Å². The molecule has 0 aliphatic carbocycles. The molecular weight excluding hydrogens is 167 g/mol. The largest absolute Gasteiger partial charge is 0.147 e. The molecule has 0 atom stereocenters. The molecule has 0 saturated heterocycles. The fourth-order valence-corrected chi connectivity index (χ4v) is 0. The molecule has 2 heteroatoms. The van der Waals surface area contributed by atoms with Gasteiger partial charge < -0.3 is 0 Å². The summed E-state index contributed by atoms with van der Waals surface area (Å²) in [7, 11) is 0. The van der Waals surface area contributed by atoms with E-state index in [-0.39, 0.29) is 84.2 Å². The maximum atomic E-state index is 0. The predicted molar refractivity (Wildman–Crippen MR) is 68.3 cm³/mol. The lowest BCUT2D eigenvalue weighted by atomic mass is 12.0. The third-order valence-electron chi connectivity index (χ3n) is 0. The van der Waals surface area contributed by atoms with Crippen LogP contribution in [0, 0.1) is 0 Å². The van der Waals surface area contributed by atoms with Gasteiger partial charge in [-0.2, -0.15) is 0 Å². The highest BCUT2D eigenvalue weighted by Crippen LogP contribution is 0.691. The Morgan fingerprint density at radius 2 is 0.200 bits per heavy atom. The summed E-state index contributed by atoms with van der Waals surface area (Å²) in [5.74, 6) is 0. The second-order valence-corrected chi connectivity index (χ2v) is 0. The minimum atomic E-state index is 0. The van der Waals surface area contributed by atoms with Gasteiger partial charge in [0.1, 0.15) is 0 Å². The molecule has 80 valence electrons. The van der Waals surface area contributed by atoms with Crippen LogP contribution in [0.5, 0.6) is 0 Å². The van der Waals surface area contributed by atoms with Crippen LogP contribution in [-0.2, 0) is 0 Å². The average Bonchev–Trinajstić information content (AvgIpc) is 0. The topological polar surface area (TPSA) is 0 Å². The van der Waals surface area contributed by atoms with E-state index in [1.54, 1.807) is 0 Å². The van der Waals surface area contributed by atoms with Crippen molar-refractivity contribution in [2.45, 2.75) is 59.4 Å². The van der Waals surface area contributed by atoms with E-state index >= 15 is 0 Å². The third kappa shape index (κ3) is 1470. The van der Waals surface area contributed by atoms with Crippen molar-refractivity contribution in [1.82, 2.24) is 0 Å². The van der Waals surface area contributed by atoms with Crippen LogP contribution in [0.1, 0.15) is 59.4 Å². The van der Waals surface area contributed by atoms with E-state index in [4.69, 9.17) is 0 Å². The van der Waals surface area contributed by atoms with Gasteiger partial charge in [0.05, 0.1) is 0 Å². The molecule has 0 aliphatic heterocycles. The molecule has 0 saturated carbocycles. The first-order chi connectivity index (χ1) is 0. The molecule has 0 rings (SSSR count). The normalized spacial score (nSPS) is 0. The molecule has 0 aromatic heterocycles. The summed E-state index contributed by atoms with van der Waals surface area (Å²) in [6.45, 7) is 0. The lowest BCUT2D eigenvalue weighted by molar-refractivity contribution is 2.50. The van der Waals surface area contributed by atoms with Gasteiger partial charge in [-0.1, -0.05) is 59.4 Å². The van der Waals surface area contributed by atoms with Crippen molar-refractivity contribution in [3.63, 3.8) is 0 Å². The summed E-state index contributed by atoms with van der Waals surface area (Å²) in [5, 5.41) is 0. The predicted octanol–water partition coefficient (Wildman–Crippen LogP) is 5.93. The van der Waals surface area contributed by atoms with Crippen molar-refractivity contribution in [3.05, 3.63) is 0 Å². The van der Waals surface area contributed by atoms with Crippen LogP contribution in [0.15, 0.2) is 0 Å². The molecule has 0 spiro atoms. The maximum Gasteiger partial charge on any atom is -0.0776 e. The quantitative estimate of drug-likeness (QED) is 0.455. The van der Waals surface area contributed by atoms with Crippen molar-refractivity contribution in [1.29, 1.82) is 0 Å². The minimum Gasteiger partial charge on any atom is -0.147 e. The monoisotopic (exact) mass is 200 g/mol. The molecule has 0 unspecified atom stereocenters. The van der Waals surface area contributed by atoms with Crippen LogP contribution in [-0.4, -0.2) is 0 Å². The highest BCUT2D eigenvalue weighted by molar-refractivity contribution is 5.85. The van der Waals surface area contributed by atoms with Gasteiger partial charge in [0.25, 0.3) is 0 Å². The van der Waals surface area contributed by atoms with Gasteiger partial charge in [-0.3, -0.25) is 0 Å². The molecule has 10 heavy (non-hydrogen) atoms. The van der Waals surface area contributed by atoms with Gasteiger partial charge in [-0.25, -0.2) is 0 Å². The van der Waals surface area contributed by atoms with Crippen molar-refractivity contribution in [3.8, 4) is 0 Å². The highest BCUT2D eigenvalue weighted by atomic mass is 35.5. The Balaban J connectivity index is 0. The molecular formula is C8H34Cl2. The van der Waals surface area contributed by atoms with Gasteiger partial charge in [-0.05, 0) is 0 Å². The fraction of sp³-hybridized carbons (Fsp3) is 1.00. The number of hydrogen-bond donors (Lipinski definition) is 0. The first-order valence-electron chi connectivity index (χ1n) is 0. The zero-order valence-electron chi connectivity index (χ0n) is 0.816. The van der Waals surface area contributed by atoms with Crippen LogP contribution in [0.3, 0.4) is 0 Å². The molecule has 0 N–H and O–H groups in total. The van der Waals surface area contributed by atoms with Gasteiger partial charge in [0, 0.05) is 0 Å². The molecule has 0 radical (unpaired) electrons. The van der Waals surface area contributed by atoms with Crippen molar-refractivity contribution in [2.24, 2.45) is 0 Å². The number of rotatable bonds is 0. The summed E-state index contributed by atoms with van der Waals surface area (Å²) in [5.41, 5.74) is 0. The summed E-state index contributed by atoms with van der Waals surface area (Å²) in [4.78, 5) is 0. The minimum absolute atomic E-state index is 0. The summed E-state index contributed by atoms with van der Waals surface area (Å²) in [6, 6.07) is 0. The summed E-state index contributed by atoms with van der Waals surface area (Å²) in [6.07, 6.45) is 0. The standard InChI is InChI=1S/8CH4.2ClH/h8*1H4;2*1H. The van der Waals surface area contributed by atoms with Gasteiger partial charge in [0.15, 0.2) is 0 Å². The van der Waals surface area contributed by atoms with Crippen LogP contribution in [0.2, 0.25) is 0 Å². The molecule has 0 nitrogen and oxygen atoms in total. The molecule has 0 aromatic rings. The van der Waals surface area contributed by atoms with Gasteiger partial charge in [0.2, 0.25) is 0 Å². The van der Waals surface area contributed by atoms with Crippen molar-refractivity contribution in [2.75, 3.05) is 0 Å². The fourth-order valence-electron chi connectivity index (χ4n) is 0. The first kappa shape index (κ1) is 2890. The van der Waals surface area contributed by atoms with Crippen LogP contribution < -0.4 is 0 Å². The Morgan fingerprint density at radius 1 is 0.200 bits per heavy atom. The molecule has 0 bridgehead atoms. The first-order valence-corrected chi connectivity index (χ1v) is 0. The second-order valence-electron chi connectivity index (χ2n) is 0. The Bertz CT molecular complexity index is 7.22. The van der Waals surface area contributed by atoms with Crippen molar-refractivity contribution < 1.29 is 0 Å². The SMILES string of the molecule is C.C.C.C.C.C.C.C.Cl.Cl. The maximum absolute atomic E-state index is 0. The van der Waals surface area contributed by atoms with Crippen molar-refractivity contribution >= 4 is 24.8 Å². The third-order valence-corrected chi connectivity index (χ3v) is 0. The Morgan fingerprint density at radius 3 is 0.200 bits per heavy atom. The Hall–Kier alpha value is 0.580. The van der Waals surface area contributed by atoms with E-state index in [0.29, 0.717) is 0 Å². The number of halogens is 2. The lowest BCUT2D eigenvalue weighted by Crippen LogP contribution is 0.143. The van der Waals surface area contributed by atoms with Crippen LogP contribution in [0.4, 0.5) is 0 Å². The zero-order chi connectivity index (χ0) is 0. The molecule has 0 fully saturated rings. The molecule has 0 amide bonds. The van der Waals surface area contributed by atoms with E-state index < -0.39 is 0 Å². The van der Waals surface area contributed by atoms with Gasteiger partial charge >= 0.3 is 0 Å².